The van der Waals surface area contributed by atoms with Gasteiger partial charge in [-0.05, 0) is 30.7 Å². The Kier molecular flexibility index (Phi) is 4.47. The molecule has 3 rings (SSSR count). The predicted octanol–water partition coefficient (Wildman–Crippen LogP) is 3.63. The molecular weight excluding hydrogens is 337 g/mol. The number of anilines is 2. The first kappa shape index (κ1) is 17.0. The minimum Gasteiger partial charge on any atom is -0.447 e. The Morgan fingerprint density at radius 3 is 2.80 bits per heavy atom. The second-order valence-electron chi connectivity index (χ2n) is 5.49. The molecule has 6 nitrogen and oxygen atoms in total. The number of rotatable bonds is 4. The van der Waals surface area contributed by atoms with Gasteiger partial charge in [0.15, 0.2) is 0 Å². The summed E-state index contributed by atoms with van der Waals surface area (Å²) >= 11 is 0. The number of benzene rings is 1. The van der Waals surface area contributed by atoms with E-state index in [1.807, 2.05) is 0 Å². The normalized spacial score (nSPS) is 15.8. The van der Waals surface area contributed by atoms with Crippen LogP contribution in [0.5, 0.6) is 0 Å². The number of ether oxygens (including phenoxy) is 1. The molecule has 1 aliphatic rings. The van der Waals surface area contributed by atoms with Crippen molar-refractivity contribution in [1.29, 1.82) is 0 Å². The summed E-state index contributed by atoms with van der Waals surface area (Å²) in [6.07, 6.45) is -3.42. The van der Waals surface area contributed by atoms with E-state index in [9.17, 15) is 18.0 Å². The summed E-state index contributed by atoms with van der Waals surface area (Å²) in [5, 5.41) is 2.95. The highest BCUT2D eigenvalue weighted by Crippen LogP contribution is 2.31. The lowest BCUT2D eigenvalue weighted by molar-refractivity contribution is -0.137. The zero-order valence-corrected chi connectivity index (χ0v) is 13.2. The van der Waals surface area contributed by atoms with Crippen LogP contribution in [0.3, 0.4) is 0 Å². The first-order chi connectivity index (χ1) is 11.8. The lowest BCUT2D eigenvalue weighted by Gasteiger charge is -2.17. The quantitative estimate of drug-likeness (QED) is 0.910. The standard InChI is InChI=1S/C16H15F3N4O2/c1-10(11-3-2-4-12(9-11)16(17,18)19)21-14-20-6-5-13(22-14)23-7-8-25-15(23)24/h2-6,9-10H,7-8H2,1H3,(H,20,21,22)/t10-/m1/s1. The third-order valence-electron chi connectivity index (χ3n) is 3.74. The first-order valence-electron chi connectivity index (χ1n) is 7.55. The van der Waals surface area contributed by atoms with Crippen LogP contribution in [0, 0.1) is 0 Å². The van der Waals surface area contributed by atoms with Gasteiger partial charge in [0, 0.05) is 6.20 Å². The van der Waals surface area contributed by atoms with E-state index in [2.05, 4.69) is 15.3 Å². The molecule has 1 aromatic carbocycles. The number of nitrogens with zero attached hydrogens (tertiary/aromatic N) is 3. The van der Waals surface area contributed by atoms with Crippen LogP contribution in [0.25, 0.3) is 0 Å². The molecule has 0 saturated carbocycles. The van der Waals surface area contributed by atoms with Crippen molar-refractivity contribution < 1.29 is 22.7 Å². The molecule has 2 aromatic rings. The van der Waals surface area contributed by atoms with Crippen LogP contribution in [0.2, 0.25) is 0 Å². The molecule has 0 radical (unpaired) electrons. The Bertz CT molecular complexity index is 782. The number of nitrogens with one attached hydrogen (secondary N) is 1. The number of hydrogen-bond acceptors (Lipinski definition) is 5. The number of cyclic esters (lactones) is 1. The second-order valence-corrected chi connectivity index (χ2v) is 5.49. The number of alkyl halides is 3. The molecule has 0 aliphatic carbocycles. The Balaban J connectivity index is 1.77. The van der Waals surface area contributed by atoms with Crippen molar-refractivity contribution >= 4 is 17.9 Å². The fraction of sp³-hybridized carbons (Fsp3) is 0.312. The van der Waals surface area contributed by atoms with Gasteiger partial charge in [0.2, 0.25) is 5.95 Å². The van der Waals surface area contributed by atoms with Crippen molar-refractivity contribution in [1.82, 2.24) is 9.97 Å². The van der Waals surface area contributed by atoms with E-state index >= 15 is 0 Å². The van der Waals surface area contributed by atoms with Gasteiger partial charge in [0.1, 0.15) is 12.4 Å². The van der Waals surface area contributed by atoms with Crippen LogP contribution >= 0.6 is 0 Å². The number of aromatic nitrogens is 2. The average molecular weight is 352 g/mol. The van der Waals surface area contributed by atoms with Crippen molar-refractivity contribution in [3.05, 3.63) is 47.7 Å². The SMILES string of the molecule is C[C@@H](Nc1nccc(N2CCOC2=O)n1)c1cccc(C(F)(F)F)c1. The van der Waals surface area contributed by atoms with E-state index in [-0.39, 0.29) is 12.6 Å². The maximum atomic E-state index is 12.8. The van der Waals surface area contributed by atoms with Crippen LogP contribution in [-0.2, 0) is 10.9 Å². The van der Waals surface area contributed by atoms with Crippen LogP contribution in [0.4, 0.5) is 29.7 Å². The van der Waals surface area contributed by atoms with E-state index in [0.717, 1.165) is 12.1 Å². The highest BCUT2D eigenvalue weighted by Gasteiger charge is 2.30. The van der Waals surface area contributed by atoms with Crippen molar-refractivity contribution in [3.63, 3.8) is 0 Å². The van der Waals surface area contributed by atoms with Crippen molar-refractivity contribution in [2.45, 2.75) is 19.1 Å². The minimum absolute atomic E-state index is 0.210. The van der Waals surface area contributed by atoms with Gasteiger partial charge in [-0.2, -0.15) is 18.2 Å². The number of amides is 1. The van der Waals surface area contributed by atoms with Crippen LogP contribution in [0.15, 0.2) is 36.5 Å². The smallest absolute Gasteiger partial charge is 0.416 e. The Morgan fingerprint density at radius 2 is 2.12 bits per heavy atom. The number of halogens is 3. The van der Waals surface area contributed by atoms with Gasteiger partial charge in [-0.15, -0.1) is 0 Å². The van der Waals surface area contributed by atoms with Crippen molar-refractivity contribution in [2.75, 3.05) is 23.4 Å². The van der Waals surface area contributed by atoms with E-state index in [4.69, 9.17) is 4.74 Å². The van der Waals surface area contributed by atoms with Gasteiger partial charge >= 0.3 is 12.3 Å². The number of hydrogen-bond donors (Lipinski definition) is 1. The monoisotopic (exact) mass is 352 g/mol. The van der Waals surface area contributed by atoms with Crippen LogP contribution in [0.1, 0.15) is 24.1 Å². The van der Waals surface area contributed by atoms with E-state index in [1.165, 1.54) is 17.2 Å². The molecule has 1 fully saturated rings. The molecule has 1 N–H and O–H groups in total. The third kappa shape index (κ3) is 3.81. The minimum atomic E-state index is -4.40. The summed E-state index contributed by atoms with van der Waals surface area (Å²) in [5.74, 6) is 0.582. The molecule has 132 valence electrons. The number of carbonyl (C=O) groups is 1. The molecule has 25 heavy (non-hydrogen) atoms. The molecule has 0 bridgehead atoms. The van der Waals surface area contributed by atoms with Gasteiger partial charge in [0.05, 0.1) is 18.2 Å². The average Bonchev–Trinajstić information content (AvgIpc) is 3.00. The number of carbonyl (C=O) groups excluding carboxylic acids is 1. The van der Waals surface area contributed by atoms with Gasteiger partial charge < -0.3 is 10.1 Å². The Hall–Kier alpha value is -2.84. The molecule has 1 amide bonds. The van der Waals surface area contributed by atoms with E-state index in [0.29, 0.717) is 17.9 Å². The molecule has 0 spiro atoms. The molecule has 1 aromatic heterocycles. The van der Waals surface area contributed by atoms with Crippen molar-refractivity contribution in [2.24, 2.45) is 0 Å². The summed E-state index contributed by atoms with van der Waals surface area (Å²) in [6.45, 7) is 2.38. The van der Waals surface area contributed by atoms with Gasteiger partial charge in [-0.3, -0.25) is 4.90 Å². The second kappa shape index (κ2) is 6.58. The predicted molar refractivity (Wildman–Crippen MR) is 84.2 cm³/mol. The van der Waals surface area contributed by atoms with Gasteiger partial charge in [-0.25, -0.2) is 9.78 Å². The van der Waals surface area contributed by atoms with E-state index in [1.54, 1.807) is 19.1 Å². The fourth-order valence-corrected chi connectivity index (χ4v) is 2.43. The van der Waals surface area contributed by atoms with Gasteiger partial charge in [0.25, 0.3) is 0 Å². The summed E-state index contributed by atoms with van der Waals surface area (Å²) in [5.41, 5.74) is -0.266. The molecule has 0 unspecified atom stereocenters. The summed E-state index contributed by atoms with van der Waals surface area (Å²) in [6, 6.07) is 6.16. The van der Waals surface area contributed by atoms with Crippen LogP contribution in [-0.4, -0.2) is 29.2 Å². The first-order valence-corrected chi connectivity index (χ1v) is 7.55. The molecule has 1 saturated heterocycles. The van der Waals surface area contributed by atoms with Crippen LogP contribution < -0.4 is 10.2 Å². The largest absolute Gasteiger partial charge is 0.447 e. The topological polar surface area (TPSA) is 67.3 Å². The lowest BCUT2D eigenvalue weighted by atomic mass is 10.1. The molecule has 9 heteroatoms. The van der Waals surface area contributed by atoms with Crippen molar-refractivity contribution in [3.8, 4) is 0 Å². The molecule has 1 aliphatic heterocycles. The van der Waals surface area contributed by atoms with Gasteiger partial charge in [-0.1, -0.05) is 12.1 Å². The highest BCUT2D eigenvalue weighted by molar-refractivity contribution is 5.88. The molecule has 2 heterocycles. The summed E-state index contributed by atoms with van der Waals surface area (Å²) in [4.78, 5) is 21.2. The molecular formula is C16H15F3N4O2. The van der Waals surface area contributed by atoms with E-state index < -0.39 is 23.9 Å². The fourth-order valence-electron chi connectivity index (χ4n) is 2.43. The zero-order valence-electron chi connectivity index (χ0n) is 13.2. The third-order valence-corrected chi connectivity index (χ3v) is 3.74. The molecule has 1 atom stereocenters. The maximum Gasteiger partial charge on any atom is 0.416 e. The Morgan fingerprint density at radius 1 is 1.32 bits per heavy atom. The Labute approximate surface area is 141 Å². The summed E-state index contributed by atoms with van der Waals surface area (Å²) in [7, 11) is 0. The summed E-state index contributed by atoms with van der Waals surface area (Å²) < 4.78 is 43.3. The highest BCUT2D eigenvalue weighted by atomic mass is 19.4. The zero-order chi connectivity index (χ0) is 18.0. The maximum absolute atomic E-state index is 12.8. The lowest BCUT2D eigenvalue weighted by Crippen LogP contribution is -2.25.